The molecular formula is C15H22N4O. The summed E-state index contributed by atoms with van der Waals surface area (Å²) in [5, 5.41) is 6.51. The number of carbonyl (C=O) groups is 1. The van der Waals surface area contributed by atoms with Crippen molar-refractivity contribution in [1.82, 2.24) is 14.9 Å². The molecular weight excluding hydrogens is 252 g/mol. The van der Waals surface area contributed by atoms with Gasteiger partial charge in [-0.05, 0) is 50.6 Å². The van der Waals surface area contributed by atoms with Crippen LogP contribution in [0.15, 0.2) is 6.20 Å². The van der Waals surface area contributed by atoms with E-state index in [-0.39, 0.29) is 11.8 Å². The highest BCUT2D eigenvalue weighted by molar-refractivity contribution is 5.94. The summed E-state index contributed by atoms with van der Waals surface area (Å²) >= 11 is 0. The minimum atomic E-state index is 0.208. The molecule has 3 aliphatic rings. The van der Waals surface area contributed by atoms with Crippen molar-refractivity contribution >= 4 is 11.7 Å². The molecule has 1 aromatic heterocycles. The largest absolute Gasteiger partial charge is 0.317 e. The minimum Gasteiger partial charge on any atom is -0.317 e. The summed E-state index contributed by atoms with van der Waals surface area (Å²) in [5.74, 6) is 2.46. The van der Waals surface area contributed by atoms with Crippen LogP contribution < -0.4 is 10.6 Å². The SMILES string of the molecule is O=C(Nc1cnc2n1CCCC2)[C@H]1CC12CCNCC2. The number of hydrogen-bond donors (Lipinski definition) is 2. The van der Waals surface area contributed by atoms with Gasteiger partial charge >= 0.3 is 0 Å². The minimum absolute atomic E-state index is 0.208. The zero-order valence-electron chi connectivity index (χ0n) is 11.8. The molecule has 4 rings (SSSR count). The Morgan fingerprint density at radius 1 is 1.40 bits per heavy atom. The average Bonchev–Trinajstić information content (AvgIpc) is 3.02. The summed E-state index contributed by atoms with van der Waals surface area (Å²) in [7, 11) is 0. The van der Waals surface area contributed by atoms with Crippen LogP contribution >= 0.6 is 0 Å². The molecule has 0 radical (unpaired) electrons. The van der Waals surface area contributed by atoms with Gasteiger partial charge in [-0.1, -0.05) is 0 Å². The number of anilines is 1. The first kappa shape index (κ1) is 12.4. The normalized spacial score (nSPS) is 27.1. The first-order valence-electron chi connectivity index (χ1n) is 7.84. The molecule has 0 unspecified atom stereocenters. The number of aromatic nitrogens is 2. The van der Waals surface area contributed by atoms with Crippen LogP contribution in [-0.4, -0.2) is 28.5 Å². The second-order valence-electron chi connectivity index (χ2n) is 6.53. The molecule has 0 bridgehead atoms. The summed E-state index contributed by atoms with van der Waals surface area (Å²) in [4.78, 5) is 16.9. The second-order valence-corrected chi connectivity index (χ2v) is 6.53. The number of piperidine rings is 1. The highest BCUT2D eigenvalue weighted by atomic mass is 16.2. The zero-order valence-corrected chi connectivity index (χ0v) is 11.8. The van der Waals surface area contributed by atoms with Gasteiger partial charge in [0.05, 0.1) is 6.20 Å². The lowest BCUT2D eigenvalue weighted by atomic mass is 9.92. The van der Waals surface area contributed by atoms with Crippen LogP contribution in [0.2, 0.25) is 0 Å². The van der Waals surface area contributed by atoms with Crippen molar-refractivity contribution in [2.24, 2.45) is 11.3 Å². The molecule has 0 aromatic carbocycles. The van der Waals surface area contributed by atoms with E-state index in [4.69, 9.17) is 0 Å². The number of aryl methyl sites for hydroxylation is 1. The Balaban J connectivity index is 1.45. The molecule has 1 aliphatic carbocycles. The lowest BCUT2D eigenvalue weighted by Gasteiger charge is -2.23. The van der Waals surface area contributed by atoms with Gasteiger partial charge in [0.2, 0.25) is 5.91 Å². The summed E-state index contributed by atoms with van der Waals surface area (Å²) in [5.41, 5.74) is 0.306. The van der Waals surface area contributed by atoms with E-state index in [1.807, 2.05) is 6.20 Å². The van der Waals surface area contributed by atoms with Gasteiger partial charge in [-0.25, -0.2) is 4.98 Å². The standard InChI is InChI=1S/C15H22N4O/c20-14(11-9-15(11)4-6-16-7-5-15)18-13-10-17-12-3-1-2-8-19(12)13/h10-11,16H,1-9H2,(H,18,20)/t11-/m1/s1. The van der Waals surface area contributed by atoms with E-state index in [1.54, 1.807) is 0 Å². The maximum absolute atomic E-state index is 12.5. The topological polar surface area (TPSA) is 59.0 Å². The van der Waals surface area contributed by atoms with Gasteiger partial charge in [0.1, 0.15) is 11.6 Å². The maximum atomic E-state index is 12.5. The first-order valence-corrected chi connectivity index (χ1v) is 7.84. The van der Waals surface area contributed by atoms with Crippen LogP contribution in [0.3, 0.4) is 0 Å². The van der Waals surface area contributed by atoms with Crippen LogP contribution in [0.4, 0.5) is 5.82 Å². The van der Waals surface area contributed by atoms with E-state index in [1.165, 1.54) is 12.8 Å². The lowest BCUT2D eigenvalue weighted by Crippen LogP contribution is -2.32. The van der Waals surface area contributed by atoms with Crippen molar-refractivity contribution in [3.8, 4) is 0 Å². The molecule has 1 aromatic rings. The third kappa shape index (κ3) is 1.95. The van der Waals surface area contributed by atoms with Crippen LogP contribution in [0.1, 0.15) is 37.9 Å². The smallest absolute Gasteiger partial charge is 0.229 e. The first-order chi connectivity index (χ1) is 9.78. The highest BCUT2D eigenvalue weighted by Gasteiger charge is 2.57. The quantitative estimate of drug-likeness (QED) is 0.860. The van der Waals surface area contributed by atoms with Crippen molar-refractivity contribution in [3.05, 3.63) is 12.0 Å². The Hall–Kier alpha value is -1.36. The number of nitrogens with one attached hydrogen (secondary N) is 2. The molecule has 20 heavy (non-hydrogen) atoms. The Kier molecular flexibility index (Phi) is 2.84. The maximum Gasteiger partial charge on any atom is 0.229 e. The summed E-state index contributed by atoms with van der Waals surface area (Å²) in [6.45, 7) is 3.11. The molecule has 1 atom stereocenters. The molecule has 108 valence electrons. The van der Waals surface area contributed by atoms with Gasteiger partial charge < -0.3 is 15.2 Å². The second kappa shape index (κ2) is 4.58. The number of rotatable bonds is 2. The molecule has 2 fully saturated rings. The Morgan fingerprint density at radius 2 is 2.25 bits per heavy atom. The van der Waals surface area contributed by atoms with E-state index in [9.17, 15) is 4.79 Å². The number of hydrogen-bond acceptors (Lipinski definition) is 3. The van der Waals surface area contributed by atoms with Crippen LogP contribution in [-0.2, 0) is 17.8 Å². The zero-order chi connectivity index (χ0) is 13.6. The monoisotopic (exact) mass is 274 g/mol. The summed E-state index contributed by atoms with van der Waals surface area (Å²) in [6, 6.07) is 0. The Bertz CT molecular complexity index is 530. The van der Waals surface area contributed by atoms with Gasteiger partial charge in [-0.2, -0.15) is 0 Å². The van der Waals surface area contributed by atoms with Gasteiger partial charge in [-0.3, -0.25) is 4.79 Å². The molecule has 5 heteroatoms. The van der Waals surface area contributed by atoms with Crippen LogP contribution in [0, 0.1) is 11.3 Å². The number of carbonyl (C=O) groups excluding carboxylic acids is 1. The van der Waals surface area contributed by atoms with Gasteiger partial charge in [0.15, 0.2) is 0 Å². The number of imidazole rings is 1. The summed E-state index contributed by atoms with van der Waals surface area (Å²) in [6.07, 6.45) is 8.63. The fourth-order valence-electron chi connectivity index (χ4n) is 3.92. The fourth-order valence-corrected chi connectivity index (χ4v) is 3.92. The number of fused-ring (bicyclic) bond motifs is 1. The van der Waals surface area contributed by atoms with E-state index in [0.717, 1.165) is 57.0 Å². The van der Waals surface area contributed by atoms with E-state index in [0.29, 0.717) is 5.41 Å². The lowest BCUT2D eigenvalue weighted by molar-refractivity contribution is -0.118. The van der Waals surface area contributed by atoms with Gasteiger partial charge in [-0.15, -0.1) is 0 Å². The van der Waals surface area contributed by atoms with Gasteiger partial charge in [0, 0.05) is 18.9 Å². The third-order valence-electron chi connectivity index (χ3n) is 5.33. The van der Waals surface area contributed by atoms with E-state index >= 15 is 0 Å². The van der Waals surface area contributed by atoms with E-state index in [2.05, 4.69) is 20.2 Å². The van der Waals surface area contributed by atoms with Gasteiger partial charge in [0.25, 0.3) is 0 Å². The molecule has 2 aliphatic heterocycles. The molecule has 1 saturated heterocycles. The number of amides is 1. The molecule has 2 N–H and O–H groups in total. The van der Waals surface area contributed by atoms with E-state index < -0.39 is 0 Å². The Morgan fingerprint density at radius 3 is 3.10 bits per heavy atom. The predicted molar refractivity (Wildman–Crippen MR) is 76.4 cm³/mol. The van der Waals surface area contributed by atoms with Crippen LogP contribution in [0.5, 0.6) is 0 Å². The Labute approximate surface area is 119 Å². The van der Waals surface area contributed by atoms with Crippen molar-refractivity contribution < 1.29 is 4.79 Å². The predicted octanol–water partition coefficient (Wildman–Crippen LogP) is 1.55. The van der Waals surface area contributed by atoms with Crippen molar-refractivity contribution in [1.29, 1.82) is 0 Å². The van der Waals surface area contributed by atoms with Crippen molar-refractivity contribution in [2.75, 3.05) is 18.4 Å². The van der Waals surface area contributed by atoms with Crippen molar-refractivity contribution in [3.63, 3.8) is 0 Å². The fraction of sp³-hybridized carbons (Fsp3) is 0.733. The molecule has 1 saturated carbocycles. The van der Waals surface area contributed by atoms with Crippen molar-refractivity contribution in [2.45, 2.75) is 45.1 Å². The molecule has 5 nitrogen and oxygen atoms in total. The molecule has 1 spiro atoms. The highest BCUT2D eigenvalue weighted by Crippen LogP contribution is 2.58. The van der Waals surface area contributed by atoms with Crippen LogP contribution in [0.25, 0.3) is 0 Å². The average molecular weight is 274 g/mol. The third-order valence-corrected chi connectivity index (χ3v) is 5.33. The molecule has 3 heterocycles. The number of nitrogens with zero attached hydrogens (tertiary/aromatic N) is 2. The molecule has 1 amide bonds. The summed E-state index contributed by atoms with van der Waals surface area (Å²) < 4.78 is 2.18.